The molecule has 0 N–H and O–H groups in total. The van der Waals surface area contributed by atoms with Crippen LogP contribution >= 0.6 is 0 Å². The van der Waals surface area contributed by atoms with Gasteiger partial charge in [0.05, 0.1) is 6.61 Å². The molecule has 0 aromatic heterocycles. The molecule has 0 bridgehead atoms. The quantitative estimate of drug-likeness (QED) is 0.375. The summed E-state index contributed by atoms with van der Waals surface area (Å²) < 4.78 is 26.7. The van der Waals surface area contributed by atoms with E-state index in [1.165, 1.54) is 0 Å². The molecule has 1 saturated heterocycles. The van der Waals surface area contributed by atoms with E-state index >= 15 is 0 Å². The van der Waals surface area contributed by atoms with Crippen LogP contribution in [-0.4, -0.2) is 19.8 Å². The van der Waals surface area contributed by atoms with E-state index in [1.807, 2.05) is 0 Å². The first-order valence-corrected chi connectivity index (χ1v) is 3.69. The third-order valence-electron chi connectivity index (χ3n) is 0.649. The Balaban J connectivity index is 0.000000187. The van der Waals surface area contributed by atoms with Crippen LogP contribution in [0.2, 0.25) is 0 Å². The van der Waals surface area contributed by atoms with E-state index in [-0.39, 0.29) is 0 Å². The molecule has 9 heavy (non-hydrogen) atoms. The molecule has 0 aromatic rings. The van der Waals surface area contributed by atoms with Crippen molar-refractivity contribution in [3.05, 3.63) is 6.61 Å². The molecule has 4 nitrogen and oxygen atoms in total. The van der Waals surface area contributed by atoms with Crippen LogP contribution in [0.15, 0.2) is 0 Å². The molecule has 0 amide bonds. The summed E-state index contributed by atoms with van der Waals surface area (Å²) in [5, 5.41) is 0. The zero-order valence-electron chi connectivity index (χ0n) is 4.83. The van der Waals surface area contributed by atoms with Gasteiger partial charge in [-0.3, -0.25) is 0 Å². The molecule has 52 valence electrons. The Labute approximate surface area is 62.1 Å². The van der Waals surface area contributed by atoms with Gasteiger partial charge in [0, 0.05) is 6.61 Å². The number of ether oxygens (including phenoxy) is 2. The average Bonchev–Trinajstić information content (AvgIpc) is 1.93. The van der Waals surface area contributed by atoms with Crippen LogP contribution in [-0.2, 0) is 35.2 Å². The fraction of sp³-hybridized carbons (Fsp3) is 0.750. The summed E-state index contributed by atoms with van der Waals surface area (Å²) in [4.78, 5) is 0. The van der Waals surface area contributed by atoms with Gasteiger partial charge in [0.1, 0.15) is 0 Å². The number of hydrogen-bond acceptors (Lipinski definition) is 4. The molecule has 0 atom stereocenters. The van der Waals surface area contributed by atoms with E-state index in [2.05, 4.69) is 0 Å². The van der Waals surface area contributed by atoms with Crippen LogP contribution in [0.25, 0.3) is 0 Å². The fourth-order valence-electron chi connectivity index (χ4n) is 0.370. The molecule has 0 spiro atoms. The Kier molecular flexibility index (Phi) is 8.45. The van der Waals surface area contributed by atoms with Gasteiger partial charge in [-0.25, -0.2) is 0 Å². The van der Waals surface area contributed by atoms with Crippen LogP contribution in [0.1, 0.15) is 0 Å². The predicted octanol–water partition coefficient (Wildman–Crippen LogP) is -0.0451. The summed E-state index contributed by atoms with van der Waals surface area (Å²) in [6.07, 6.45) is 0. The Morgan fingerprint density at radius 2 is 2.00 bits per heavy atom. The fourth-order valence-corrected chi connectivity index (χ4v) is 0.370. The van der Waals surface area contributed by atoms with Crippen molar-refractivity contribution in [2.24, 2.45) is 0 Å². The SMILES string of the molecule is [CH-]1COCCO1.[O]=[Ti]=[O]. The van der Waals surface area contributed by atoms with E-state index in [9.17, 15) is 0 Å². The van der Waals surface area contributed by atoms with Crippen molar-refractivity contribution in [3.63, 3.8) is 0 Å². The zero-order valence-corrected chi connectivity index (χ0v) is 6.39. The summed E-state index contributed by atoms with van der Waals surface area (Å²) in [5.74, 6) is 0. The molecule has 0 saturated carbocycles. The Bertz CT molecular complexity index is 73.1. The Morgan fingerprint density at radius 3 is 2.11 bits per heavy atom. The molecule has 0 aromatic carbocycles. The van der Waals surface area contributed by atoms with Crippen molar-refractivity contribution in [2.45, 2.75) is 0 Å². The first-order valence-electron chi connectivity index (χ1n) is 2.42. The molecule has 1 heterocycles. The molecular weight excluding hydrogens is 160 g/mol. The van der Waals surface area contributed by atoms with E-state index in [0.29, 0.717) is 6.61 Å². The molecule has 1 aliphatic rings. The van der Waals surface area contributed by atoms with Crippen molar-refractivity contribution >= 4 is 0 Å². The first kappa shape index (κ1) is 9.23. The summed E-state index contributed by atoms with van der Waals surface area (Å²) in [6.45, 7) is 3.79. The van der Waals surface area contributed by atoms with E-state index < -0.39 is 19.1 Å². The van der Waals surface area contributed by atoms with Crippen LogP contribution in [0, 0.1) is 6.61 Å². The molecular formula is C4H7O4Ti-. The van der Waals surface area contributed by atoms with Crippen molar-refractivity contribution in [1.29, 1.82) is 0 Å². The Hall–Kier alpha value is 0.234. The van der Waals surface area contributed by atoms with E-state index in [1.54, 1.807) is 6.61 Å². The van der Waals surface area contributed by atoms with Crippen LogP contribution in [0.3, 0.4) is 0 Å². The third-order valence-corrected chi connectivity index (χ3v) is 0.649. The van der Waals surface area contributed by atoms with Gasteiger partial charge in [0.15, 0.2) is 0 Å². The summed E-state index contributed by atoms with van der Waals surface area (Å²) >= 11 is -2.00. The maximum absolute atomic E-state index is 8.50. The van der Waals surface area contributed by atoms with Crippen molar-refractivity contribution in [3.8, 4) is 0 Å². The van der Waals surface area contributed by atoms with Gasteiger partial charge in [0.25, 0.3) is 0 Å². The van der Waals surface area contributed by atoms with Gasteiger partial charge < -0.3 is 9.47 Å². The van der Waals surface area contributed by atoms with Crippen molar-refractivity contribution in [2.75, 3.05) is 19.8 Å². The van der Waals surface area contributed by atoms with Crippen LogP contribution in [0.4, 0.5) is 0 Å². The number of hydrogen-bond donors (Lipinski definition) is 0. The minimum absolute atomic E-state index is 0.653. The van der Waals surface area contributed by atoms with Crippen molar-refractivity contribution in [1.82, 2.24) is 0 Å². The first-order chi connectivity index (χ1) is 4.41. The molecule has 1 aliphatic heterocycles. The van der Waals surface area contributed by atoms with Gasteiger partial charge in [-0.1, -0.05) is 6.61 Å². The second-order valence-electron chi connectivity index (χ2n) is 1.20. The topological polar surface area (TPSA) is 52.6 Å². The van der Waals surface area contributed by atoms with Gasteiger partial charge >= 0.3 is 25.7 Å². The summed E-state index contributed by atoms with van der Waals surface area (Å²) in [5.41, 5.74) is 0. The third kappa shape index (κ3) is 8.23. The van der Waals surface area contributed by atoms with Gasteiger partial charge in [0.2, 0.25) is 0 Å². The van der Waals surface area contributed by atoms with Gasteiger partial charge in [-0.2, -0.15) is 6.61 Å². The molecule has 5 heteroatoms. The van der Waals surface area contributed by atoms with Gasteiger partial charge in [-0.05, 0) is 0 Å². The maximum atomic E-state index is 8.50. The monoisotopic (exact) mass is 167 g/mol. The molecule has 0 radical (unpaired) electrons. The normalized spacial score (nSPS) is 16.9. The molecule has 0 unspecified atom stereocenters. The van der Waals surface area contributed by atoms with Crippen LogP contribution < -0.4 is 0 Å². The second-order valence-corrected chi connectivity index (χ2v) is 1.46. The Morgan fingerprint density at radius 1 is 1.33 bits per heavy atom. The average molecular weight is 167 g/mol. The van der Waals surface area contributed by atoms with Crippen molar-refractivity contribution < 1.29 is 35.2 Å². The van der Waals surface area contributed by atoms with Gasteiger partial charge in [-0.15, -0.1) is 0 Å². The minimum atomic E-state index is -2.00. The molecule has 1 rings (SSSR count). The molecule has 0 aliphatic carbocycles. The zero-order chi connectivity index (χ0) is 6.95. The predicted molar refractivity (Wildman–Crippen MR) is 22.4 cm³/mol. The van der Waals surface area contributed by atoms with Crippen LogP contribution in [0.5, 0.6) is 0 Å². The molecule has 1 fully saturated rings. The van der Waals surface area contributed by atoms with E-state index in [0.717, 1.165) is 13.2 Å². The standard InChI is InChI=1S/C4H7O2.2O.Ti/c1-2-6-4-3-5-1;;;/h1H,2-4H2;;;/q-1;;;. The number of rotatable bonds is 0. The summed E-state index contributed by atoms with van der Waals surface area (Å²) in [6, 6.07) is 0. The second kappa shape index (κ2) is 8.23. The summed E-state index contributed by atoms with van der Waals surface area (Å²) in [7, 11) is 0. The van der Waals surface area contributed by atoms with E-state index in [4.69, 9.17) is 16.1 Å².